The SMILES string of the molecule is CCCSc1nc(N2CCOCC2)c2cnn(CCNC(=O)CCc3ccc(OC)cc3)c2n1. The molecule has 1 aromatic carbocycles. The van der Waals surface area contributed by atoms with Gasteiger partial charge in [0.15, 0.2) is 10.8 Å². The van der Waals surface area contributed by atoms with Crippen LogP contribution in [0.4, 0.5) is 5.82 Å². The topological polar surface area (TPSA) is 94.4 Å². The van der Waals surface area contributed by atoms with E-state index in [0.29, 0.717) is 39.1 Å². The Balaban J connectivity index is 1.38. The van der Waals surface area contributed by atoms with Gasteiger partial charge in [-0.3, -0.25) is 4.79 Å². The summed E-state index contributed by atoms with van der Waals surface area (Å²) in [6.45, 7) is 6.19. The van der Waals surface area contributed by atoms with Crippen molar-refractivity contribution in [3.63, 3.8) is 0 Å². The van der Waals surface area contributed by atoms with Crippen molar-refractivity contribution in [2.24, 2.45) is 0 Å². The van der Waals surface area contributed by atoms with Crippen LogP contribution < -0.4 is 15.0 Å². The first kappa shape index (κ1) is 24.3. The van der Waals surface area contributed by atoms with E-state index < -0.39 is 0 Å². The molecule has 1 fully saturated rings. The second kappa shape index (κ2) is 12.0. The molecule has 0 saturated carbocycles. The maximum atomic E-state index is 12.4. The van der Waals surface area contributed by atoms with Crippen molar-refractivity contribution < 1.29 is 14.3 Å². The van der Waals surface area contributed by atoms with Gasteiger partial charge in [-0.25, -0.2) is 14.6 Å². The Morgan fingerprint density at radius 3 is 2.74 bits per heavy atom. The maximum Gasteiger partial charge on any atom is 0.220 e. The van der Waals surface area contributed by atoms with Crippen LogP contribution in [-0.4, -0.2) is 71.4 Å². The smallest absolute Gasteiger partial charge is 0.220 e. The number of carbonyl (C=O) groups is 1. The van der Waals surface area contributed by atoms with Gasteiger partial charge in [0.25, 0.3) is 0 Å². The summed E-state index contributed by atoms with van der Waals surface area (Å²) < 4.78 is 12.5. The summed E-state index contributed by atoms with van der Waals surface area (Å²) in [7, 11) is 1.64. The van der Waals surface area contributed by atoms with Gasteiger partial charge in [0.05, 0.1) is 38.5 Å². The summed E-state index contributed by atoms with van der Waals surface area (Å²) in [5.74, 6) is 2.72. The minimum atomic E-state index is 0.0232. The number of fused-ring (bicyclic) bond motifs is 1. The molecule has 0 bridgehead atoms. The summed E-state index contributed by atoms with van der Waals surface area (Å²) >= 11 is 1.66. The minimum absolute atomic E-state index is 0.0232. The van der Waals surface area contributed by atoms with Crippen LogP contribution in [-0.2, 0) is 22.5 Å². The number of nitrogens with zero attached hydrogens (tertiary/aromatic N) is 5. The van der Waals surface area contributed by atoms with Crippen LogP contribution in [0, 0.1) is 0 Å². The number of hydrogen-bond acceptors (Lipinski definition) is 8. The average Bonchev–Trinajstić information content (AvgIpc) is 3.29. The molecule has 0 radical (unpaired) electrons. The molecule has 1 aliphatic rings. The van der Waals surface area contributed by atoms with Crippen LogP contribution in [0.1, 0.15) is 25.3 Å². The first-order chi connectivity index (χ1) is 16.7. The quantitative estimate of drug-likeness (QED) is 0.328. The van der Waals surface area contributed by atoms with Crippen LogP contribution in [0.3, 0.4) is 0 Å². The Kier molecular flexibility index (Phi) is 8.59. The number of hydrogen-bond donors (Lipinski definition) is 1. The standard InChI is InChI=1S/C24H32N6O3S/c1-3-16-34-24-27-22(29-12-14-33-15-13-29)20-17-26-30(23(20)28-24)11-10-25-21(31)9-6-18-4-7-19(32-2)8-5-18/h4-5,7-8,17H,3,6,9-16H2,1-2H3,(H,25,31). The third-order valence-electron chi connectivity index (χ3n) is 5.65. The van der Waals surface area contributed by atoms with Crippen molar-refractivity contribution in [1.29, 1.82) is 0 Å². The van der Waals surface area contributed by atoms with E-state index in [1.165, 1.54) is 0 Å². The molecule has 34 heavy (non-hydrogen) atoms. The van der Waals surface area contributed by atoms with Crippen molar-refractivity contribution in [1.82, 2.24) is 25.1 Å². The van der Waals surface area contributed by atoms with E-state index in [1.54, 1.807) is 18.9 Å². The average molecular weight is 485 g/mol. The molecule has 1 saturated heterocycles. The number of morpholine rings is 1. The van der Waals surface area contributed by atoms with E-state index in [1.807, 2.05) is 35.1 Å². The highest BCUT2D eigenvalue weighted by Gasteiger charge is 2.20. The Morgan fingerprint density at radius 2 is 2.00 bits per heavy atom. The number of carbonyl (C=O) groups excluding carboxylic acids is 1. The molecule has 1 amide bonds. The molecule has 1 N–H and O–H groups in total. The molecule has 1 aliphatic heterocycles. The van der Waals surface area contributed by atoms with Crippen molar-refractivity contribution in [3.8, 4) is 5.75 Å². The molecule has 9 nitrogen and oxygen atoms in total. The van der Waals surface area contributed by atoms with Gasteiger partial charge < -0.3 is 19.7 Å². The Bertz CT molecular complexity index is 1080. The molecule has 0 aliphatic carbocycles. The number of thioether (sulfide) groups is 1. The number of amides is 1. The molecule has 182 valence electrons. The summed E-state index contributed by atoms with van der Waals surface area (Å²) in [5.41, 5.74) is 1.92. The number of rotatable bonds is 11. The largest absolute Gasteiger partial charge is 0.497 e. The van der Waals surface area contributed by atoms with Crippen LogP contribution in [0.5, 0.6) is 5.75 Å². The lowest BCUT2D eigenvalue weighted by Gasteiger charge is -2.28. The fraction of sp³-hybridized carbons (Fsp3) is 0.500. The molecule has 2 aromatic heterocycles. The summed E-state index contributed by atoms with van der Waals surface area (Å²) in [5, 5.41) is 9.27. The molecular weight excluding hydrogens is 452 g/mol. The predicted molar refractivity (Wildman–Crippen MR) is 134 cm³/mol. The zero-order valence-corrected chi connectivity index (χ0v) is 20.6. The van der Waals surface area contributed by atoms with E-state index in [0.717, 1.165) is 58.6 Å². The highest BCUT2D eigenvalue weighted by atomic mass is 32.2. The lowest BCUT2D eigenvalue weighted by Crippen LogP contribution is -2.37. The van der Waals surface area contributed by atoms with E-state index in [-0.39, 0.29) is 5.91 Å². The van der Waals surface area contributed by atoms with E-state index in [4.69, 9.17) is 19.4 Å². The molecule has 3 aromatic rings. The van der Waals surface area contributed by atoms with E-state index in [2.05, 4.69) is 22.2 Å². The summed E-state index contributed by atoms with van der Waals surface area (Å²) in [4.78, 5) is 24.2. The van der Waals surface area contributed by atoms with Crippen molar-refractivity contribution in [2.45, 2.75) is 37.9 Å². The zero-order chi connectivity index (χ0) is 23.8. The predicted octanol–water partition coefficient (Wildman–Crippen LogP) is 2.92. The lowest BCUT2D eigenvalue weighted by molar-refractivity contribution is -0.121. The first-order valence-corrected chi connectivity index (χ1v) is 12.7. The van der Waals surface area contributed by atoms with Gasteiger partial charge in [-0.1, -0.05) is 30.8 Å². The number of benzene rings is 1. The normalized spacial score (nSPS) is 13.9. The van der Waals surface area contributed by atoms with Gasteiger partial charge in [-0.15, -0.1) is 0 Å². The second-order valence-corrected chi connectivity index (χ2v) is 9.14. The third kappa shape index (κ3) is 6.18. The van der Waals surface area contributed by atoms with Gasteiger partial charge in [-0.05, 0) is 30.5 Å². The number of ether oxygens (including phenoxy) is 2. The van der Waals surface area contributed by atoms with Crippen LogP contribution >= 0.6 is 11.8 Å². The second-order valence-electron chi connectivity index (χ2n) is 8.08. The Hall–Kier alpha value is -2.85. The maximum absolute atomic E-state index is 12.4. The summed E-state index contributed by atoms with van der Waals surface area (Å²) in [6, 6.07) is 7.80. The van der Waals surface area contributed by atoms with Gasteiger partial charge in [0.2, 0.25) is 5.91 Å². The van der Waals surface area contributed by atoms with Gasteiger partial charge >= 0.3 is 0 Å². The minimum Gasteiger partial charge on any atom is -0.497 e. The molecule has 0 atom stereocenters. The highest BCUT2D eigenvalue weighted by molar-refractivity contribution is 7.99. The molecule has 4 rings (SSSR count). The molecular formula is C24H32N6O3S. The molecule has 0 unspecified atom stereocenters. The monoisotopic (exact) mass is 484 g/mol. The van der Waals surface area contributed by atoms with Gasteiger partial charge in [-0.2, -0.15) is 5.10 Å². The number of anilines is 1. The van der Waals surface area contributed by atoms with E-state index >= 15 is 0 Å². The number of methoxy groups -OCH3 is 1. The fourth-order valence-electron chi connectivity index (χ4n) is 3.80. The van der Waals surface area contributed by atoms with Crippen LogP contribution in [0.2, 0.25) is 0 Å². The highest BCUT2D eigenvalue weighted by Crippen LogP contribution is 2.28. The number of aromatic nitrogens is 4. The Labute approximate surface area is 204 Å². The third-order valence-corrected chi connectivity index (χ3v) is 6.70. The van der Waals surface area contributed by atoms with E-state index in [9.17, 15) is 4.79 Å². The number of nitrogens with one attached hydrogen (secondary N) is 1. The number of aryl methyl sites for hydroxylation is 1. The van der Waals surface area contributed by atoms with Crippen molar-refractivity contribution in [2.75, 3.05) is 50.6 Å². The molecule has 3 heterocycles. The van der Waals surface area contributed by atoms with Gasteiger partial charge in [0, 0.05) is 31.8 Å². The van der Waals surface area contributed by atoms with Crippen molar-refractivity contribution >= 4 is 34.5 Å². The van der Waals surface area contributed by atoms with Crippen LogP contribution in [0.15, 0.2) is 35.6 Å². The van der Waals surface area contributed by atoms with Crippen molar-refractivity contribution in [3.05, 3.63) is 36.0 Å². The zero-order valence-electron chi connectivity index (χ0n) is 19.8. The fourth-order valence-corrected chi connectivity index (χ4v) is 4.49. The molecule has 10 heteroatoms. The van der Waals surface area contributed by atoms with Gasteiger partial charge in [0.1, 0.15) is 11.6 Å². The summed E-state index contributed by atoms with van der Waals surface area (Å²) in [6.07, 6.45) is 4.02. The van der Waals surface area contributed by atoms with Crippen LogP contribution in [0.25, 0.3) is 11.0 Å². The molecule has 0 spiro atoms. The lowest BCUT2D eigenvalue weighted by atomic mass is 10.1. The Morgan fingerprint density at radius 1 is 1.21 bits per heavy atom. The first-order valence-electron chi connectivity index (χ1n) is 11.8.